The molecule has 0 saturated heterocycles. The predicted molar refractivity (Wildman–Crippen MR) is 116 cm³/mol. The zero-order valence-corrected chi connectivity index (χ0v) is 18.2. The van der Waals surface area contributed by atoms with Gasteiger partial charge in [0, 0.05) is 42.6 Å². The van der Waals surface area contributed by atoms with E-state index in [0.29, 0.717) is 27.8 Å². The number of alkyl halides is 3. The summed E-state index contributed by atoms with van der Waals surface area (Å²) in [4.78, 5) is 27.0. The average molecular weight is 435 g/mol. The van der Waals surface area contributed by atoms with Crippen molar-refractivity contribution in [2.45, 2.75) is 46.5 Å². The number of hydrogen-bond donors (Lipinski definition) is 1. The molecule has 1 N–H and O–H groups in total. The molecule has 0 fully saturated rings. The third-order valence-corrected chi connectivity index (χ3v) is 4.89. The summed E-state index contributed by atoms with van der Waals surface area (Å²) < 4.78 is 38.2. The van der Waals surface area contributed by atoms with Crippen LogP contribution < -0.4 is 10.2 Å². The van der Waals surface area contributed by atoms with Crippen LogP contribution in [0.1, 0.15) is 43.6 Å². The highest BCUT2D eigenvalue weighted by molar-refractivity contribution is 6.04. The van der Waals surface area contributed by atoms with Gasteiger partial charge in [0.1, 0.15) is 0 Å². The second-order valence-electron chi connectivity index (χ2n) is 7.40. The Morgan fingerprint density at radius 2 is 1.65 bits per heavy atom. The zero-order chi connectivity index (χ0) is 23.2. The molecule has 0 bridgehead atoms. The van der Waals surface area contributed by atoms with Crippen LogP contribution >= 0.6 is 0 Å². The van der Waals surface area contributed by atoms with E-state index in [4.69, 9.17) is 0 Å². The standard InChI is InChI=1S/C23H28F3N3O2/c1-5-28(22(31)23(24,25)26)15-17-8-7-9-19(14-17)27-21(30)18-10-12-20(13-11-18)29(6-2)16(3)4/h7-14,16H,5-6,15H2,1-4H3,(H,27,30). The fourth-order valence-electron chi connectivity index (χ4n) is 3.33. The molecule has 2 aromatic rings. The minimum atomic E-state index is -4.92. The van der Waals surface area contributed by atoms with Crippen LogP contribution in [0.25, 0.3) is 0 Å². The molecular formula is C23H28F3N3O2. The first-order valence-corrected chi connectivity index (χ1v) is 10.2. The summed E-state index contributed by atoms with van der Waals surface area (Å²) in [6.45, 7) is 8.31. The molecule has 0 unspecified atom stereocenters. The van der Waals surface area contributed by atoms with Gasteiger partial charge in [-0.1, -0.05) is 12.1 Å². The van der Waals surface area contributed by atoms with E-state index in [-0.39, 0.29) is 19.0 Å². The molecule has 31 heavy (non-hydrogen) atoms. The first kappa shape index (κ1) is 24.2. The molecule has 0 aliphatic rings. The largest absolute Gasteiger partial charge is 0.471 e. The Balaban J connectivity index is 2.10. The molecular weight excluding hydrogens is 407 g/mol. The lowest BCUT2D eigenvalue weighted by molar-refractivity contribution is -0.185. The van der Waals surface area contributed by atoms with Crippen molar-refractivity contribution in [3.8, 4) is 0 Å². The molecule has 0 aliphatic carbocycles. The monoisotopic (exact) mass is 435 g/mol. The predicted octanol–water partition coefficient (Wildman–Crippen LogP) is 5.08. The minimum Gasteiger partial charge on any atom is -0.369 e. The van der Waals surface area contributed by atoms with E-state index in [1.807, 2.05) is 12.1 Å². The van der Waals surface area contributed by atoms with E-state index in [9.17, 15) is 22.8 Å². The molecule has 0 spiro atoms. The normalized spacial score (nSPS) is 11.4. The molecule has 0 atom stereocenters. The van der Waals surface area contributed by atoms with Crippen molar-refractivity contribution in [1.29, 1.82) is 0 Å². The summed E-state index contributed by atoms with van der Waals surface area (Å²) in [5.74, 6) is -2.21. The third kappa shape index (κ3) is 6.47. The zero-order valence-electron chi connectivity index (χ0n) is 18.2. The second kappa shape index (κ2) is 10.3. The minimum absolute atomic E-state index is 0.0770. The van der Waals surface area contributed by atoms with E-state index < -0.39 is 12.1 Å². The Bertz CT molecular complexity index is 896. The summed E-state index contributed by atoms with van der Waals surface area (Å²) in [7, 11) is 0. The van der Waals surface area contributed by atoms with Crippen LogP contribution in [0, 0.1) is 0 Å². The first-order valence-electron chi connectivity index (χ1n) is 10.2. The fraction of sp³-hybridized carbons (Fsp3) is 0.391. The van der Waals surface area contributed by atoms with Gasteiger partial charge in [0.15, 0.2) is 0 Å². The van der Waals surface area contributed by atoms with E-state index >= 15 is 0 Å². The van der Waals surface area contributed by atoms with Crippen molar-refractivity contribution in [1.82, 2.24) is 4.90 Å². The van der Waals surface area contributed by atoms with Crippen molar-refractivity contribution in [3.63, 3.8) is 0 Å². The molecule has 5 nitrogen and oxygen atoms in total. The SMILES string of the molecule is CCN(Cc1cccc(NC(=O)c2ccc(N(CC)C(C)C)cc2)c1)C(=O)C(F)(F)F. The molecule has 0 aliphatic heterocycles. The molecule has 168 valence electrons. The second-order valence-corrected chi connectivity index (χ2v) is 7.40. The maximum atomic E-state index is 12.7. The van der Waals surface area contributed by atoms with Gasteiger partial charge in [-0.3, -0.25) is 9.59 Å². The molecule has 2 rings (SSSR count). The van der Waals surface area contributed by atoms with Crippen LogP contribution in [0.15, 0.2) is 48.5 Å². The Morgan fingerprint density at radius 1 is 1.00 bits per heavy atom. The number of carbonyl (C=O) groups excluding carboxylic acids is 2. The number of amides is 2. The summed E-state index contributed by atoms with van der Waals surface area (Å²) in [6.07, 6.45) is -4.92. The van der Waals surface area contributed by atoms with Gasteiger partial charge in [-0.25, -0.2) is 0 Å². The Morgan fingerprint density at radius 3 is 2.16 bits per heavy atom. The van der Waals surface area contributed by atoms with Gasteiger partial charge in [-0.2, -0.15) is 13.2 Å². The van der Waals surface area contributed by atoms with E-state index in [2.05, 4.69) is 31.0 Å². The lowest BCUT2D eigenvalue weighted by atomic mass is 10.1. The number of anilines is 2. The fourth-order valence-corrected chi connectivity index (χ4v) is 3.33. The number of carbonyl (C=O) groups is 2. The molecule has 2 amide bonds. The van der Waals surface area contributed by atoms with Gasteiger partial charge in [-0.05, 0) is 69.7 Å². The van der Waals surface area contributed by atoms with Gasteiger partial charge in [-0.15, -0.1) is 0 Å². The number of nitrogens with zero attached hydrogens (tertiary/aromatic N) is 2. The molecule has 8 heteroatoms. The summed E-state index contributed by atoms with van der Waals surface area (Å²) in [5.41, 5.74) is 2.42. The van der Waals surface area contributed by atoms with Crippen molar-refractivity contribution in [3.05, 3.63) is 59.7 Å². The van der Waals surface area contributed by atoms with Gasteiger partial charge >= 0.3 is 12.1 Å². The average Bonchev–Trinajstić information content (AvgIpc) is 2.72. The van der Waals surface area contributed by atoms with Crippen LogP contribution in [0.5, 0.6) is 0 Å². The van der Waals surface area contributed by atoms with E-state index in [1.165, 1.54) is 6.92 Å². The van der Waals surface area contributed by atoms with Gasteiger partial charge in [0.2, 0.25) is 0 Å². The quantitative estimate of drug-likeness (QED) is 0.629. The van der Waals surface area contributed by atoms with Crippen LogP contribution in [0.3, 0.4) is 0 Å². The van der Waals surface area contributed by atoms with Crippen LogP contribution in [0.2, 0.25) is 0 Å². The van der Waals surface area contributed by atoms with Crippen molar-refractivity contribution >= 4 is 23.2 Å². The van der Waals surface area contributed by atoms with E-state index in [1.54, 1.807) is 36.4 Å². The Hall–Kier alpha value is -3.03. The molecule has 0 heterocycles. The molecule has 0 aromatic heterocycles. The smallest absolute Gasteiger partial charge is 0.369 e. The van der Waals surface area contributed by atoms with Crippen LogP contribution in [-0.2, 0) is 11.3 Å². The highest BCUT2D eigenvalue weighted by atomic mass is 19.4. The van der Waals surface area contributed by atoms with E-state index in [0.717, 1.165) is 12.2 Å². The Labute approximate surface area is 180 Å². The van der Waals surface area contributed by atoms with Gasteiger partial charge < -0.3 is 15.1 Å². The number of benzene rings is 2. The van der Waals surface area contributed by atoms with Crippen molar-refractivity contribution < 1.29 is 22.8 Å². The van der Waals surface area contributed by atoms with Crippen molar-refractivity contribution in [2.75, 3.05) is 23.3 Å². The number of rotatable bonds is 8. The van der Waals surface area contributed by atoms with Crippen LogP contribution in [0.4, 0.5) is 24.5 Å². The maximum absolute atomic E-state index is 12.7. The number of hydrogen-bond acceptors (Lipinski definition) is 3. The summed E-state index contributed by atoms with van der Waals surface area (Å²) in [6, 6.07) is 14.0. The highest BCUT2D eigenvalue weighted by Gasteiger charge is 2.41. The Kier molecular flexibility index (Phi) is 8.08. The number of nitrogens with one attached hydrogen (secondary N) is 1. The number of halogens is 3. The van der Waals surface area contributed by atoms with Gasteiger partial charge in [0.05, 0.1) is 0 Å². The van der Waals surface area contributed by atoms with Crippen molar-refractivity contribution in [2.24, 2.45) is 0 Å². The summed E-state index contributed by atoms with van der Waals surface area (Å²) >= 11 is 0. The first-order chi connectivity index (χ1) is 14.6. The molecule has 0 radical (unpaired) electrons. The highest BCUT2D eigenvalue weighted by Crippen LogP contribution is 2.22. The maximum Gasteiger partial charge on any atom is 0.471 e. The third-order valence-electron chi connectivity index (χ3n) is 4.89. The lowest BCUT2D eigenvalue weighted by Gasteiger charge is -2.27. The molecule has 0 saturated carbocycles. The summed E-state index contributed by atoms with van der Waals surface area (Å²) in [5, 5.41) is 2.76. The topological polar surface area (TPSA) is 52.7 Å². The lowest BCUT2D eigenvalue weighted by Crippen LogP contribution is -2.40. The van der Waals surface area contributed by atoms with Gasteiger partial charge in [0.25, 0.3) is 5.91 Å². The molecule has 2 aromatic carbocycles. The van der Waals surface area contributed by atoms with Crippen LogP contribution in [-0.4, -0.2) is 42.0 Å².